The lowest BCUT2D eigenvalue weighted by molar-refractivity contribution is 0.669. The second-order valence-electron chi connectivity index (χ2n) is 20.6. The van der Waals surface area contributed by atoms with E-state index in [4.69, 9.17) is 4.42 Å². The maximum absolute atomic E-state index is 6.43. The lowest BCUT2D eigenvalue weighted by Gasteiger charge is -2.19. The van der Waals surface area contributed by atoms with Crippen molar-refractivity contribution in [2.45, 2.75) is 0 Å². The molecule has 0 spiro atoms. The van der Waals surface area contributed by atoms with E-state index < -0.39 is 0 Å². The summed E-state index contributed by atoms with van der Waals surface area (Å²) in [5, 5.41) is 19.6. The Kier molecular flexibility index (Phi) is 9.71. The van der Waals surface area contributed by atoms with Crippen LogP contribution in [0.25, 0.3) is 164 Å². The highest BCUT2D eigenvalue weighted by molar-refractivity contribution is 6.28. The van der Waals surface area contributed by atoms with Gasteiger partial charge in [0, 0.05) is 10.8 Å². The van der Waals surface area contributed by atoms with E-state index in [0.29, 0.717) is 0 Å². The molecule has 77 heavy (non-hydrogen) atoms. The normalized spacial score (nSPS) is 11.9. The van der Waals surface area contributed by atoms with Crippen molar-refractivity contribution in [1.82, 2.24) is 0 Å². The van der Waals surface area contributed by atoms with Crippen molar-refractivity contribution < 1.29 is 4.42 Å². The topological polar surface area (TPSA) is 13.1 Å². The number of para-hydroxylation sites is 1. The van der Waals surface area contributed by atoms with Crippen molar-refractivity contribution in [2.75, 3.05) is 0 Å². The third-order valence-electron chi connectivity index (χ3n) is 16.4. The van der Waals surface area contributed by atoms with Crippen LogP contribution >= 0.6 is 0 Å². The van der Waals surface area contributed by atoms with E-state index in [0.717, 1.165) is 21.9 Å². The van der Waals surface area contributed by atoms with Gasteiger partial charge in [-0.05, 0) is 173 Å². The highest BCUT2D eigenvalue weighted by atomic mass is 16.3. The van der Waals surface area contributed by atoms with E-state index in [1.807, 2.05) is 6.07 Å². The molecule has 0 aliphatic rings. The highest BCUT2D eigenvalue weighted by Gasteiger charge is 2.22. The smallest absolute Gasteiger partial charge is 0.136 e. The zero-order valence-electron chi connectivity index (χ0n) is 42.0. The number of fused-ring (bicyclic) bond motifs is 10. The minimum absolute atomic E-state index is 0.904. The molecule has 0 N–H and O–H groups in total. The third-order valence-corrected chi connectivity index (χ3v) is 16.4. The van der Waals surface area contributed by atoms with Crippen LogP contribution in [0.3, 0.4) is 0 Å². The first kappa shape index (κ1) is 43.3. The predicted octanol–water partition coefficient (Wildman–Crippen LogP) is 21.7. The van der Waals surface area contributed by atoms with Crippen LogP contribution < -0.4 is 0 Å². The molecule has 0 saturated heterocycles. The van der Waals surface area contributed by atoms with Crippen molar-refractivity contribution in [2.24, 2.45) is 0 Å². The fourth-order valence-electron chi connectivity index (χ4n) is 13.0. The Morgan fingerprint density at radius 2 is 0.532 bits per heavy atom. The van der Waals surface area contributed by atoms with Crippen LogP contribution in [0.1, 0.15) is 0 Å². The van der Waals surface area contributed by atoms with Gasteiger partial charge in [0.15, 0.2) is 0 Å². The lowest BCUT2D eigenvalue weighted by atomic mass is 9.83. The molecule has 0 aliphatic carbocycles. The van der Waals surface area contributed by atoms with E-state index in [9.17, 15) is 0 Å². The first-order valence-corrected chi connectivity index (χ1v) is 26.6. The Bertz CT molecular complexity index is 4980. The summed E-state index contributed by atoms with van der Waals surface area (Å²) in [5.41, 5.74) is 16.5. The molecule has 0 atom stereocenters. The van der Waals surface area contributed by atoms with E-state index >= 15 is 0 Å². The summed E-state index contributed by atoms with van der Waals surface area (Å²) >= 11 is 0. The Morgan fingerprint density at radius 1 is 0.182 bits per heavy atom. The van der Waals surface area contributed by atoms with Gasteiger partial charge in [0.2, 0.25) is 0 Å². The molecule has 1 heteroatoms. The molecule has 0 bridgehead atoms. The molecule has 356 valence electrons. The van der Waals surface area contributed by atoms with Gasteiger partial charge in [0.25, 0.3) is 0 Å². The Morgan fingerprint density at radius 3 is 1.08 bits per heavy atom. The van der Waals surface area contributed by atoms with Crippen molar-refractivity contribution >= 4 is 97.3 Å². The standard InChI is InChI=1S/C76H46O/c1-2-17-50-44-51(39-36-47(50)16-1)48-34-37-49(38-35-48)72-60-20-3-5-22-62(60)73(63-23-6-4-21-61(63)72)58-29-13-18-54-45-52(40-42-56(54)58)53-41-43-57-55(46-53)19-14-30-59(57)74-64-24-7-9-26-66(64)75(67-27-10-8-25-65(67)74)69-31-15-33-71-76(69)68-28-11-12-32-70(68)77-71/h1-46H. The van der Waals surface area contributed by atoms with Crippen LogP contribution in [0, 0.1) is 0 Å². The zero-order valence-corrected chi connectivity index (χ0v) is 42.0. The van der Waals surface area contributed by atoms with Gasteiger partial charge in [0.1, 0.15) is 11.2 Å². The van der Waals surface area contributed by atoms with Crippen LogP contribution in [-0.2, 0) is 0 Å². The van der Waals surface area contributed by atoms with Crippen molar-refractivity contribution in [3.05, 3.63) is 279 Å². The van der Waals surface area contributed by atoms with Crippen LogP contribution in [0.15, 0.2) is 283 Å². The number of furan rings is 1. The van der Waals surface area contributed by atoms with Gasteiger partial charge in [0.05, 0.1) is 0 Å². The minimum atomic E-state index is 0.904. The molecule has 0 unspecified atom stereocenters. The minimum Gasteiger partial charge on any atom is -0.456 e. The van der Waals surface area contributed by atoms with E-state index in [-0.39, 0.29) is 0 Å². The quantitative estimate of drug-likeness (QED) is 0.151. The Balaban J connectivity index is 0.801. The summed E-state index contributed by atoms with van der Waals surface area (Å²) < 4.78 is 6.43. The van der Waals surface area contributed by atoms with E-state index in [1.54, 1.807) is 0 Å². The average Bonchev–Trinajstić information content (AvgIpc) is 3.97. The first-order chi connectivity index (χ1) is 38.2. The summed E-state index contributed by atoms with van der Waals surface area (Å²) in [6.07, 6.45) is 0. The molecular formula is C76H46O. The SMILES string of the molecule is c1ccc2cc(-c3ccc(-c4c5ccccc5c(-c5cccc6cc(-c7ccc8c(-c9c%10ccccc%10c(-c%10cccc%11oc%12ccccc%12c%10%11)c%10ccccc9%10)cccc8c7)ccc56)c5ccccc45)cc3)ccc2c1. The molecule has 16 aromatic rings. The second kappa shape index (κ2) is 17.2. The average molecular weight is 975 g/mol. The molecule has 1 nitrogen and oxygen atoms in total. The van der Waals surface area contributed by atoms with Crippen LogP contribution in [0.2, 0.25) is 0 Å². The van der Waals surface area contributed by atoms with Crippen LogP contribution in [-0.4, -0.2) is 0 Å². The fraction of sp³-hybridized carbons (Fsp3) is 0. The molecule has 1 aromatic heterocycles. The van der Waals surface area contributed by atoms with Gasteiger partial charge >= 0.3 is 0 Å². The van der Waals surface area contributed by atoms with Crippen LogP contribution in [0.5, 0.6) is 0 Å². The molecule has 0 saturated carbocycles. The van der Waals surface area contributed by atoms with Crippen molar-refractivity contribution in [1.29, 1.82) is 0 Å². The number of rotatable bonds is 6. The predicted molar refractivity (Wildman–Crippen MR) is 329 cm³/mol. The van der Waals surface area contributed by atoms with Gasteiger partial charge < -0.3 is 4.42 Å². The number of hydrogen-bond donors (Lipinski definition) is 0. The summed E-state index contributed by atoms with van der Waals surface area (Å²) in [7, 11) is 0. The van der Waals surface area contributed by atoms with Crippen molar-refractivity contribution in [3.8, 4) is 66.8 Å². The lowest BCUT2D eigenvalue weighted by Crippen LogP contribution is -1.92. The van der Waals surface area contributed by atoms with E-state index in [1.165, 1.54) is 142 Å². The summed E-state index contributed by atoms with van der Waals surface area (Å²) in [6, 6.07) is 103. The fourth-order valence-corrected chi connectivity index (χ4v) is 13.0. The van der Waals surface area contributed by atoms with Gasteiger partial charge in [-0.2, -0.15) is 0 Å². The molecule has 0 radical (unpaired) electrons. The van der Waals surface area contributed by atoms with Gasteiger partial charge in [-0.3, -0.25) is 0 Å². The molecular weight excluding hydrogens is 929 g/mol. The van der Waals surface area contributed by atoms with Gasteiger partial charge in [-0.25, -0.2) is 0 Å². The number of benzene rings is 15. The van der Waals surface area contributed by atoms with Crippen LogP contribution in [0.4, 0.5) is 0 Å². The number of hydrogen-bond acceptors (Lipinski definition) is 1. The molecule has 15 aromatic carbocycles. The molecule has 0 fully saturated rings. The monoisotopic (exact) mass is 974 g/mol. The largest absolute Gasteiger partial charge is 0.456 e. The Labute approximate surface area is 445 Å². The maximum Gasteiger partial charge on any atom is 0.136 e. The maximum atomic E-state index is 6.43. The van der Waals surface area contributed by atoms with Crippen molar-refractivity contribution in [3.63, 3.8) is 0 Å². The molecule has 0 amide bonds. The van der Waals surface area contributed by atoms with Gasteiger partial charge in [-0.15, -0.1) is 0 Å². The first-order valence-electron chi connectivity index (χ1n) is 26.6. The zero-order chi connectivity index (χ0) is 50.6. The molecule has 16 rings (SSSR count). The summed E-state index contributed by atoms with van der Waals surface area (Å²) in [6.45, 7) is 0. The summed E-state index contributed by atoms with van der Waals surface area (Å²) in [5.74, 6) is 0. The second-order valence-corrected chi connectivity index (χ2v) is 20.6. The molecule has 1 heterocycles. The van der Waals surface area contributed by atoms with E-state index in [2.05, 4.69) is 273 Å². The van der Waals surface area contributed by atoms with Gasteiger partial charge in [-0.1, -0.05) is 249 Å². The third kappa shape index (κ3) is 6.81. The Hall–Kier alpha value is -10.1. The molecule has 0 aliphatic heterocycles. The highest BCUT2D eigenvalue weighted by Crippen LogP contribution is 2.50. The summed E-state index contributed by atoms with van der Waals surface area (Å²) in [4.78, 5) is 0.